The van der Waals surface area contributed by atoms with Gasteiger partial charge in [-0.1, -0.05) is 90.3 Å². The van der Waals surface area contributed by atoms with Crippen LogP contribution in [-0.2, 0) is 6.42 Å². The van der Waals surface area contributed by atoms with Crippen molar-refractivity contribution in [2.45, 2.75) is 117 Å². The third-order valence-electron chi connectivity index (χ3n) is 7.61. The molecule has 0 N–H and O–H groups in total. The second-order valence-electron chi connectivity index (χ2n) is 11.0. The van der Waals surface area contributed by atoms with Crippen LogP contribution >= 0.6 is 0 Å². The Bertz CT molecular complexity index is 873. The molecule has 3 rings (SSSR count). The summed E-state index contributed by atoms with van der Waals surface area (Å²) in [6, 6.07) is 14.0. The number of alkyl halides is 1. The maximum Gasteiger partial charge on any atom is 0.105 e. The first-order valence-electron chi connectivity index (χ1n) is 14.4. The summed E-state index contributed by atoms with van der Waals surface area (Å²) >= 11 is 0. The number of pyridine rings is 1. The van der Waals surface area contributed by atoms with Crippen molar-refractivity contribution >= 4 is 5.70 Å². The van der Waals surface area contributed by atoms with Crippen LogP contribution in [-0.4, -0.2) is 28.1 Å². The molecule has 2 nitrogen and oxygen atoms in total. The second-order valence-corrected chi connectivity index (χ2v) is 11.0. The average Bonchev–Trinajstić information content (AvgIpc) is 3.36. The summed E-state index contributed by atoms with van der Waals surface area (Å²) in [5.74, 6) is 0.852. The van der Waals surface area contributed by atoms with E-state index in [2.05, 4.69) is 68.6 Å². The van der Waals surface area contributed by atoms with E-state index in [0.717, 1.165) is 18.9 Å². The zero-order valence-corrected chi connectivity index (χ0v) is 24.0. The van der Waals surface area contributed by atoms with Crippen LogP contribution in [0.15, 0.2) is 49.2 Å². The lowest BCUT2D eigenvalue weighted by atomic mass is 9.92. The van der Waals surface area contributed by atoms with Crippen molar-refractivity contribution in [3.05, 3.63) is 60.4 Å². The van der Waals surface area contributed by atoms with Crippen LogP contribution in [0.5, 0.6) is 0 Å². The zero-order chi connectivity index (χ0) is 26.6. The molecule has 1 aromatic heterocycles. The molecule has 1 aromatic carbocycles. The smallest absolute Gasteiger partial charge is 0.105 e. The number of benzene rings is 1. The molecule has 1 aliphatic rings. The molecule has 0 amide bonds. The van der Waals surface area contributed by atoms with Gasteiger partial charge in [0.25, 0.3) is 0 Å². The van der Waals surface area contributed by atoms with Crippen molar-refractivity contribution in [1.82, 2.24) is 9.88 Å². The van der Waals surface area contributed by atoms with Crippen molar-refractivity contribution in [1.29, 1.82) is 0 Å². The fourth-order valence-corrected chi connectivity index (χ4v) is 4.98. The van der Waals surface area contributed by atoms with Gasteiger partial charge in [-0.2, -0.15) is 0 Å². The highest BCUT2D eigenvalue weighted by Gasteiger charge is 2.24. The van der Waals surface area contributed by atoms with Crippen molar-refractivity contribution < 1.29 is 4.39 Å². The summed E-state index contributed by atoms with van der Waals surface area (Å²) in [6.45, 7) is 17.4. The highest BCUT2D eigenvalue weighted by molar-refractivity contribution is 5.68. The van der Waals surface area contributed by atoms with Gasteiger partial charge in [-0.05, 0) is 75.5 Å². The Hall–Kier alpha value is -2.16. The molecule has 0 saturated carbocycles. The lowest BCUT2D eigenvalue weighted by molar-refractivity contribution is 0.210. The molecule has 1 fully saturated rings. The Kier molecular flexibility index (Phi) is 12.7. The van der Waals surface area contributed by atoms with Crippen molar-refractivity contribution in [3.63, 3.8) is 0 Å². The zero-order valence-electron chi connectivity index (χ0n) is 24.0. The van der Waals surface area contributed by atoms with Gasteiger partial charge < -0.3 is 4.90 Å². The monoisotopic (exact) mass is 494 g/mol. The first-order valence-corrected chi connectivity index (χ1v) is 14.4. The molecule has 2 aromatic rings. The summed E-state index contributed by atoms with van der Waals surface area (Å²) in [5.41, 5.74) is 5.10. The van der Waals surface area contributed by atoms with E-state index in [4.69, 9.17) is 4.98 Å². The SMILES string of the molecule is C=C(c1ccc(-c2ccc(CCC(CCC)CCC)nc2)cc1)N1CCCC1CC.CCC(C)(C)F. The fraction of sp³-hybridized carbons (Fsp3) is 0.606. The molecule has 1 saturated heterocycles. The predicted octanol–water partition coefficient (Wildman–Crippen LogP) is 9.89. The van der Waals surface area contributed by atoms with E-state index in [-0.39, 0.29) is 0 Å². The molecule has 1 aliphatic heterocycles. The van der Waals surface area contributed by atoms with E-state index in [1.807, 2.05) is 13.1 Å². The molecule has 0 aliphatic carbocycles. The molecule has 1 atom stereocenters. The lowest BCUT2D eigenvalue weighted by Gasteiger charge is -2.28. The quantitative estimate of drug-likeness (QED) is 0.292. The van der Waals surface area contributed by atoms with Crippen LogP contribution in [0.3, 0.4) is 0 Å². The Morgan fingerprint density at radius 2 is 1.61 bits per heavy atom. The van der Waals surface area contributed by atoms with Crippen LogP contribution < -0.4 is 0 Å². The Labute approximate surface area is 221 Å². The average molecular weight is 495 g/mol. The molecule has 0 radical (unpaired) electrons. The van der Waals surface area contributed by atoms with E-state index in [1.54, 1.807) is 13.8 Å². The summed E-state index contributed by atoms with van der Waals surface area (Å²) in [5, 5.41) is 0. The Morgan fingerprint density at radius 3 is 2.11 bits per heavy atom. The predicted molar refractivity (Wildman–Crippen MR) is 156 cm³/mol. The van der Waals surface area contributed by atoms with E-state index < -0.39 is 5.67 Å². The summed E-state index contributed by atoms with van der Waals surface area (Å²) in [7, 11) is 0. The minimum absolute atomic E-state index is 0.604. The minimum Gasteiger partial charge on any atom is -0.369 e. The summed E-state index contributed by atoms with van der Waals surface area (Å²) < 4.78 is 12.1. The van der Waals surface area contributed by atoms with Crippen molar-refractivity contribution in [2.75, 3.05) is 6.54 Å². The third kappa shape index (κ3) is 9.71. The number of likely N-dealkylation sites (tertiary alicyclic amines) is 1. The molecule has 36 heavy (non-hydrogen) atoms. The number of nitrogens with zero attached hydrogens (tertiary/aromatic N) is 2. The molecule has 200 valence electrons. The van der Waals surface area contributed by atoms with Gasteiger partial charge in [-0.3, -0.25) is 4.98 Å². The highest BCUT2D eigenvalue weighted by atomic mass is 19.1. The van der Waals surface area contributed by atoms with Crippen LogP contribution in [0.25, 0.3) is 16.8 Å². The largest absolute Gasteiger partial charge is 0.369 e. The second kappa shape index (κ2) is 15.2. The number of halogens is 1. The van der Waals surface area contributed by atoms with E-state index in [9.17, 15) is 4.39 Å². The summed E-state index contributed by atoms with van der Waals surface area (Å²) in [4.78, 5) is 7.26. The Balaban J connectivity index is 0.000000678. The summed E-state index contributed by atoms with van der Waals surface area (Å²) in [6.07, 6.45) is 14.1. The van der Waals surface area contributed by atoms with Crippen molar-refractivity contribution in [3.8, 4) is 11.1 Å². The molecule has 0 spiro atoms. The minimum atomic E-state index is -0.958. The van der Waals surface area contributed by atoms with Gasteiger partial charge in [0, 0.05) is 35.7 Å². The molecule has 1 unspecified atom stereocenters. The topological polar surface area (TPSA) is 16.1 Å². The molecule has 0 bridgehead atoms. The number of hydrogen-bond donors (Lipinski definition) is 0. The van der Waals surface area contributed by atoms with Gasteiger partial charge in [0.15, 0.2) is 0 Å². The van der Waals surface area contributed by atoms with Crippen LogP contribution in [0.4, 0.5) is 4.39 Å². The van der Waals surface area contributed by atoms with Gasteiger partial charge in [-0.15, -0.1) is 0 Å². The van der Waals surface area contributed by atoms with Crippen LogP contribution in [0, 0.1) is 5.92 Å². The van der Waals surface area contributed by atoms with Crippen LogP contribution in [0.2, 0.25) is 0 Å². The Morgan fingerprint density at radius 1 is 1.00 bits per heavy atom. The maximum atomic E-state index is 12.1. The van der Waals surface area contributed by atoms with E-state index >= 15 is 0 Å². The first kappa shape index (κ1) is 30.1. The first-order chi connectivity index (χ1) is 17.2. The van der Waals surface area contributed by atoms with Gasteiger partial charge >= 0.3 is 0 Å². The molecule has 3 heteroatoms. The lowest BCUT2D eigenvalue weighted by Crippen LogP contribution is -2.26. The third-order valence-corrected chi connectivity index (χ3v) is 7.61. The van der Waals surface area contributed by atoms with Gasteiger partial charge in [-0.25, -0.2) is 4.39 Å². The van der Waals surface area contributed by atoms with E-state index in [0.29, 0.717) is 12.5 Å². The highest BCUT2D eigenvalue weighted by Crippen LogP contribution is 2.30. The fourth-order valence-electron chi connectivity index (χ4n) is 4.98. The number of aromatic nitrogens is 1. The number of hydrogen-bond acceptors (Lipinski definition) is 2. The van der Waals surface area contributed by atoms with E-state index in [1.165, 1.54) is 79.4 Å². The van der Waals surface area contributed by atoms with Gasteiger partial charge in [0.2, 0.25) is 0 Å². The van der Waals surface area contributed by atoms with Crippen molar-refractivity contribution in [2.24, 2.45) is 5.92 Å². The normalized spacial score (nSPS) is 15.7. The number of aryl methyl sites for hydroxylation is 1. The van der Waals surface area contributed by atoms with Crippen LogP contribution in [0.1, 0.15) is 111 Å². The molecule has 2 heterocycles. The maximum absolute atomic E-state index is 12.1. The molecular weight excluding hydrogens is 443 g/mol. The standard InChI is InChI=1S/C28H40N2.C5H11F/c1-5-9-23(10-6-2)12-18-27-19-17-26(21-29-27)25-15-13-24(14-16-25)22(4)30-20-8-11-28(30)7-3;1-4-5(2,3)6/h13-17,19,21,23,28H,4-12,18,20H2,1-3H3;4H2,1-3H3. The molecular formula is C33H51FN2. The number of rotatable bonds is 12. The van der Waals surface area contributed by atoms with Gasteiger partial charge in [0.05, 0.1) is 0 Å². The van der Waals surface area contributed by atoms with Gasteiger partial charge in [0.1, 0.15) is 5.67 Å².